The number of anilines is 1. The van der Waals surface area contributed by atoms with Crippen LogP contribution in [-0.2, 0) is 6.54 Å². The number of nitrogens with zero attached hydrogens (tertiary/aromatic N) is 2. The van der Waals surface area contributed by atoms with Gasteiger partial charge in [0.15, 0.2) is 0 Å². The molecule has 1 heterocycles. The molecule has 0 atom stereocenters. The molecule has 4 nitrogen and oxygen atoms in total. The van der Waals surface area contributed by atoms with E-state index in [1.165, 1.54) is 0 Å². The van der Waals surface area contributed by atoms with Gasteiger partial charge in [-0.15, -0.1) is 0 Å². The van der Waals surface area contributed by atoms with Crippen molar-refractivity contribution < 1.29 is 4.79 Å². The van der Waals surface area contributed by atoms with Gasteiger partial charge in [-0.3, -0.25) is 9.59 Å². The van der Waals surface area contributed by atoms with Crippen LogP contribution in [0.4, 0.5) is 5.69 Å². The minimum atomic E-state index is -0.0787. The van der Waals surface area contributed by atoms with Crippen LogP contribution < -0.4 is 10.5 Å². The first-order valence-corrected chi connectivity index (χ1v) is 9.11. The van der Waals surface area contributed by atoms with Crippen molar-refractivity contribution in [2.75, 3.05) is 11.9 Å². The van der Waals surface area contributed by atoms with E-state index in [9.17, 15) is 9.59 Å². The number of carbonyl (C=O) groups is 1. The number of hydrogen-bond donors (Lipinski definition) is 0. The van der Waals surface area contributed by atoms with Crippen molar-refractivity contribution in [1.82, 2.24) is 4.57 Å². The van der Waals surface area contributed by atoms with Gasteiger partial charge in [0.25, 0.3) is 11.5 Å². The summed E-state index contributed by atoms with van der Waals surface area (Å²) in [5, 5.41) is 1.08. The van der Waals surface area contributed by atoms with Crippen LogP contribution in [0.5, 0.6) is 0 Å². The van der Waals surface area contributed by atoms with Crippen molar-refractivity contribution >= 4 is 22.5 Å². The highest BCUT2D eigenvalue weighted by molar-refractivity contribution is 6.10. The molecule has 1 amide bonds. The lowest BCUT2D eigenvalue weighted by molar-refractivity contribution is 0.0993. The topological polar surface area (TPSA) is 42.3 Å². The summed E-state index contributed by atoms with van der Waals surface area (Å²) in [6.45, 7) is 2.54. The van der Waals surface area contributed by atoms with E-state index in [4.69, 9.17) is 0 Å². The van der Waals surface area contributed by atoms with Gasteiger partial charge < -0.3 is 9.47 Å². The van der Waals surface area contributed by atoms with Crippen molar-refractivity contribution in [3.8, 4) is 0 Å². The molecule has 0 unspecified atom stereocenters. The van der Waals surface area contributed by atoms with Crippen LogP contribution in [0.2, 0.25) is 0 Å². The fourth-order valence-electron chi connectivity index (χ4n) is 3.65. The normalized spacial score (nSPS) is 13.8. The highest BCUT2D eigenvalue weighted by atomic mass is 16.2. The largest absolute Gasteiger partial charge is 0.309 e. The standard InChI is InChI=1S/C22H22N2O2/c1-3-24-20(25)14-18(15-12-13-15)17-10-7-11-19(21(17)24)23(2)22(26)16-8-5-4-6-9-16/h4-11,14-15H,3,12-13H2,1-2H3. The first-order chi connectivity index (χ1) is 12.6. The number of hydrogen-bond acceptors (Lipinski definition) is 2. The number of para-hydroxylation sites is 1. The molecular weight excluding hydrogens is 324 g/mol. The third-order valence-corrected chi connectivity index (χ3v) is 5.16. The second kappa shape index (κ2) is 6.45. The number of fused-ring (bicyclic) bond motifs is 1. The smallest absolute Gasteiger partial charge is 0.258 e. The Morgan fingerprint density at radius 1 is 1.12 bits per heavy atom. The Bertz CT molecular complexity index is 1030. The van der Waals surface area contributed by atoms with E-state index in [1.54, 1.807) is 22.6 Å². The average molecular weight is 346 g/mol. The number of aromatic nitrogens is 1. The summed E-state index contributed by atoms with van der Waals surface area (Å²) >= 11 is 0. The lowest BCUT2D eigenvalue weighted by Gasteiger charge is -2.22. The molecule has 0 N–H and O–H groups in total. The summed E-state index contributed by atoms with van der Waals surface area (Å²) in [5.41, 5.74) is 3.40. The molecule has 1 aliphatic rings. The van der Waals surface area contributed by atoms with Crippen molar-refractivity contribution in [2.24, 2.45) is 0 Å². The number of rotatable bonds is 4. The summed E-state index contributed by atoms with van der Waals surface area (Å²) in [6, 6.07) is 17.0. The number of pyridine rings is 1. The zero-order valence-electron chi connectivity index (χ0n) is 15.1. The first-order valence-electron chi connectivity index (χ1n) is 9.11. The molecule has 1 fully saturated rings. The van der Waals surface area contributed by atoms with Gasteiger partial charge in [-0.1, -0.05) is 30.3 Å². The molecule has 4 heteroatoms. The molecule has 26 heavy (non-hydrogen) atoms. The summed E-state index contributed by atoms with van der Waals surface area (Å²) in [7, 11) is 1.78. The Hall–Kier alpha value is -2.88. The quantitative estimate of drug-likeness (QED) is 0.711. The summed E-state index contributed by atoms with van der Waals surface area (Å²) in [4.78, 5) is 27.3. The predicted molar refractivity (Wildman–Crippen MR) is 105 cm³/mol. The van der Waals surface area contributed by atoms with Gasteiger partial charge in [0.1, 0.15) is 0 Å². The van der Waals surface area contributed by atoms with E-state index in [0.717, 1.165) is 35.0 Å². The molecule has 0 bridgehead atoms. The van der Waals surface area contributed by atoms with E-state index in [2.05, 4.69) is 6.07 Å². The van der Waals surface area contributed by atoms with Gasteiger partial charge >= 0.3 is 0 Å². The van der Waals surface area contributed by atoms with Gasteiger partial charge in [0, 0.05) is 30.6 Å². The lowest BCUT2D eigenvalue weighted by atomic mass is 10.0. The van der Waals surface area contributed by atoms with E-state index in [-0.39, 0.29) is 11.5 Å². The lowest BCUT2D eigenvalue weighted by Crippen LogP contribution is -2.28. The second-order valence-electron chi connectivity index (χ2n) is 6.86. The van der Waals surface area contributed by atoms with Gasteiger partial charge in [0.05, 0.1) is 11.2 Å². The van der Waals surface area contributed by atoms with Crippen LogP contribution in [0, 0.1) is 0 Å². The van der Waals surface area contributed by atoms with Crippen LogP contribution in [0.25, 0.3) is 10.9 Å². The third-order valence-electron chi connectivity index (χ3n) is 5.16. The Morgan fingerprint density at radius 3 is 2.50 bits per heavy atom. The van der Waals surface area contributed by atoms with Crippen LogP contribution in [0.1, 0.15) is 41.6 Å². The number of carbonyl (C=O) groups excluding carboxylic acids is 1. The Labute approximate surface area is 152 Å². The van der Waals surface area contributed by atoms with Crippen LogP contribution in [0.3, 0.4) is 0 Å². The fraction of sp³-hybridized carbons (Fsp3) is 0.273. The Kier molecular flexibility index (Phi) is 4.11. The molecular formula is C22H22N2O2. The SMILES string of the molecule is CCn1c(=O)cc(C2CC2)c2cccc(N(C)C(=O)c3ccccc3)c21. The van der Waals surface area contributed by atoms with Gasteiger partial charge in [-0.25, -0.2) is 0 Å². The van der Waals surface area contributed by atoms with Gasteiger partial charge in [-0.05, 0) is 49.4 Å². The molecule has 0 saturated heterocycles. The second-order valence-corrected chi connectivity index (χ2v) is 6.86. The van der Waals surface area contributed by atoms with Crippen LogP contribution >= 0.6 is 0 Å². The molecule has 1 aliphatic carbocycles. The minimum absolute atomic E-state index is 0.00918. The molecule has 0 aliphatic heterocycles. The van der Waals surface area contributed by atoms with E-state index < -0.39 is 0 Å². The molecule has 3 aromatic rings. The predicted octanol–water partition coefficient (Wildman–Crippen LogP) is 4.18. The van der Waals surface area contributed by atoms with Crippen LogP contribution in [-0.4, -0.2) is 17.5 Å². The zero-order valence-corrected chi connectivity index (χ0v) is 15.1. The molecule has 1 saturated carbocycles. The Balaban J connectivity index is 1.92. The third kappa shape index (κ3) is 2.71. The molecule has 0 spiro atoms. The Morgan fingerprint density at radius 2 is 1.85 bits per heavy atom. The van der Waals surface area contributed by atoms with E-state index in [0.29, 0.717) is 18.0 Å². The number of benzene rings is 2. The fourth-order valence-corrected chi connectivity index (χ4v) is 3.65. The van der Waals surface area contributed by atoms with Crippen molar-refractivity contribution in [3.05, 3.63) is 76.1 Å². The maximum absolute atomic E-state index is 12.9. The van der Waals surface area contributed by atoms with E-state index >= 15 is 0 Å². The highest BCUT2D eigenvalue weighted by Gasteiger charge is 2.28. The average Bonchev–Trinajstić information content (AvgIpc) is 3.51. The minimum Gasteiger partial charge on any atom is -0.309 e. The van der Waals surface area contributed by atoms with Gasteiger partial charge in [0.2, 0.25) is 0 Å². The van der Waals surface area contributed by atoms with Crippen molar-refractivity contribution in [3.63, 3.8) is 0 Å². The molecule has 2 aromatic carbocycles. The molecule has 132 valence electrons. The summed E-state index contributed by atoms with van der Waals surface area (Å²) in [5.74, 6) is 0.395. The summed E-state index contributed by atoms with van der Waals surface area (Å²) < 4.78 is 1.77. The zero-order chi connectivity index (χ0) is 18.3. The van der Waals surface area contributed by atoms with Gasteiger partial charge in [-0.2, -0.15) is 0 Å². The first kappa shape index (κ1) is 16.6. The molecule has 1 aromatic heterocycles. The number of amides is 1. The van der Waals surface area contributed by atoms with E-state index in [1.807, 2.05) is 49.4 Å². The molecule has 4 rings (SSSR count). The van der Waals surface area contributed by atoms with Crippen LogP contribution in [0.15, 0.2) is 59.4 Å². The number of aryl methyl sites for hydroxylation is 1. The van der Waals surface area contributed by atoms with Crippen molar-refractivity contribution in [2.45, 2.75) is 32.2 Å². The van der Waals surface area contributed by atoms with Crippen molar-refractivity contribution in [1.29, 1.82) is 0 Å². The summed E-state index contributed by atoms with van der Waals surface area (Å²) in [6.07, 6.45) is 2.27. The highest BCUT2D eigenvalue weighted by Crippen LogP contribution is 2.43. The molecule has 0 radical (unpaired) electrons. The maximum Gasteiger partial charge on any atom is 0.258 e. The monoisotopic (exact) mass is 346 g/mol. The maximum atomic E-state index is 12.9.